The molecule has 1 aromatic rings. The number of esters is 1. The van der Waals surface area contributed by atoms with Crippen molar-refractivity contribution in [2.45, 2.75) is 63.8 Å². The molecule has 3 saturated heterocycles. The molecule has 0 aromatic heterocycles. The van der Waals surface area contributed by atoms with E-state index >= 15 is 0 Å². The smallest absolute Gasteiger partial charge is 0.310 e. The van der Waals surface area contributed by atoms with Gasteiger partial charge in [-0.15, -0.1) is 0 Å². The topological polar surface area (TPSA) is 141 Å². The highest BCUT2D eigenvalue weighted by Crippen LogP contribution is 2.34. The van der Waals surface area contributed by atoms with Crippen LogP contribution in [0.25, 0.3) is 0 Å². The quantitative estimate of drug-likeness (QED) is 0.415. The SMILES string of the molecule is CCOC1OC(=O)C[C@@H]1NC(=O)[C@@H]1CCCN2C(=O)CCC(CC(=O)c3ccc4c(c3)OCO4)C(=O)N12. The van der Waals surface area contributed by atoms with Gasteiger partial charge in [-0.25, -0.2) is 5.01 Å². The molecule has 1 N–H and O–H groups in total. The first-order valence-corrected chi connectivity index (χ1v) is 12.5. The monoisotopic (exact) mass is 515 g/mol. The summed E-state index contributed by atoms with van der Waals surface area (Å²) in [6, 6.07) is 3.19. The number of nitrogens with one attached hydrogen (secondary N) is 1. The lowest BCUT2D eigenvalue weighted by atomic mass is 9.92. The van der Waals surface area contributed by atoms with Crippen LogP contribution in [-0.4, -0.2) is 77.8 Å². The Morgan fingerprint density at radius 2 is 1.95 bits per heavy atom. The number of fused-ring (bicyclic) bond motifs is 2. The van der Waals surface area contributed by atoms with Crippen LogP contribution < -0.4 is 14.8 Å². The van der Waals surface area contributed by atoms with Gasteiger partial charge in [0.2, 0.25) is 30.8 Å². The molecule has 12 nitrogen and oxygen atoms in total. The van der Waals surface area contributed by atoms with Crippen molar-refractivity contribution in [2.24, 2.45) is 5.92 Å². The molecule has 37 heavy (non-hydrogen) atoms. The maximum atomic E-state index is 13.7. The molecule has 4 atom stereocenters. The molecule has 198 valence electrons. The Balaban J connectivity index is 1.32. The summed E-state index contributed by atoms with van der Waals surface area (Å²) in [5.41, 5.74) is 0.380. The second-order valence-electron chi connectivity index (χ2n) is 9.42. The highest BCUT2D eigenvalue weighted by molar-refractivity contribution is 6.00. The Morgan fingerprint density at radius 1 is 1.14 bits per heavy atom. The number of ketones is 1. The Labute approximate surface area is 213 Å². The molecule has 0 saturated carbocycles. The third-order valence-corrected chi connectivity index (χ3v) is 7.02. The number of ether oxygens (including phenoxy) is 4. The van der Waals surface area contributed by atoms with Crippen molar-refractivity contribution in [3.63, 3.8) is 0 Å². The zero-order chi connectivity index (χ0) is 26.1. The molecule has 5 rings (SSSR count). The largest absolute Gasteiger partial charge is 0.454 e. The van der Waals surface area contributed by atoms with Crippen LogP contribution in [0.2, 0.25) is 0 Å². The molecular formula is C25H29N3O9. The van der Waals surface area contributed by atoms with Crippen molar-refractivity contribution in [3.8, 4) is 11.5 Å². The van der Waals surface area contributed by atoms with Gasteiger partial charge in [0.1, 0.15) is 12.1 Å². The van der Waals surface area contributed by atoms with E-state index in [1.54, 1.807) is 25.1 Å². The molecular weight excluding hydrogens is 486 g/mol. The maximum absolute atomic E-state index is 13.7. The van der Waals surface area contributed by atoms with Crippen LogP contribution in [-0.2, 0) is 28.7 Å². The van der Waals surface area contributed by atoms with Gasteiger partial charge in [0, 0.05) is 37.5 Å². The predicted molar refractivity (Wildman–Crippen MR) is 124 cm³/mol. The van der Waals surface area contributed by atoms with Crippen LogP contribution in [0.1, 0.15) is 55.8 Å². The molecule has 0 spiro atoms. The lowest BCUT2D eigenvalue weighted by Gasteiger charge is -2.43. The summed E-state index contributed by atoms with van der Waals surface area (Å²) in [5.74, 6) is -1.73. The highest BCUT2D eigenvalue weighted by Gasteiger charge is 2.46. The molecule has 0 radical (unpaired) electrons. The van der Waals surface area contributed by atoms with Crippen molar-refractivity contribution < 1.29 is 42.9 Å². The predicted octanol–water partition coefficient (Wildman–Crippen LogP) is 0.927. The molecule has 4 aliphatic rings. The molecule has 3 amide bonds. The highest BCUT2D eigenvalue weighted by atomic mass is 16.7. The van der Waals surface area contributed by atoms with E-state index in [0.29, 0.717) is 43.1 Å². The normalized spacial score (nSPS) is 27.0. The minimum Gasteiger partial charge on any atom is -0.454 e. The Hall–Kier alpha value is -3.67. The minimum atomic E-state index is -0.954. The zero-order valence-electron chi connectivity index (χ0n) is 20.5. The number of hydrogen-bond donors (Lipinski definition) is 1. The Bertz CT molecular complexity index is 1120. The van der Waals surface area contributed by atoms with Gasteiger partial charge in [0.25, 0.3) is 0 Å². The number of cyclic esters (lactones) is 1. The number of carbonyl (C=O) groups is 5. The first-order valence-electron chi connectivity index (χ1n) is 12.5. The van der Waals surface area contributed by atoms with Crippen molar-refractivity contribution in [1.82, 2.24) is 15.3 Å². The van der Waals surface area contributed by atoms with Gasteiger partial charge in [-0.2, -0.15) is 0 Å². The number of amides is 3. The van der Waals surface area contributed by atoms with Gasteiger partial charge in [-0.05, 0) is 44.4 Å². The summed E-state index contributed by atoms with van der Waals surface area (Å²) in [6.45, 7) is 2.43. The third-order valence-electron chi connectivity index (χ3n) is 7.02. The van der Waals surface area contributed by atoms with E-state index in [1.165, 1.54) is 10.0 Å². The van der Waals surface area contributed by atoms with Crippen molar-refractivity contribution in [2.75, 3.05) is 19.9 Å². The first-order chi connectivity index (χ1) is 17.9. The molecule has 0 bridgehead atoms. The van der Waals surface area contributed by atoms with Crippen LogP contribution in [0.4, 0.5) is 0 Å². The van der Waals surface area contributed by atoms with Crippen LogP contribution in [0.5, 0.6) is 11.5 Å². The third kappa shape index (κ3) is 4.97. The fourth-order valence-electron chi connectivity index (χ4n) is 5.18. The van der Waals surface area contributed by atoms with Gasteiger partial charge in [-0.1, -0.05) is 0 Å². The number of hydrogen-bond acceptors (Lipinski definition) is 9. The minimum absolute atomic E-state index is 0.0492. The fourth-order valence-corrected chi connectivity index (χ4v) is 5.18. The molecule has 4 aliphatic heterocycles. The number of benzene rings is 1. The van der Waals surface area contributed by atoms with Crippen LogP contribution >= 0.6 is 0 Å². The summed E-state index contributed by atoms with van der Waals surface area (Å²) in [7, 11) is 0. The van der Waals surface area contributed by atoms with E-state index < -0.39 is 42.1 Å². The zero-order valence-corrected chi connectivity index (χ0v) is 20.5. The lowest BCUT2D eigenvalue weighted by molar-refractivity contribution is -0.178. The standard InChI is InChI=1S/C25H29N3O9/c1-2-34-25-16(12-22(31)37-25)26-23(32)17-4-3-9-27-21(30)8-6-15(24(33)28(17)27)10-18(29)14-5-7-19-20(11-14)36-13-35-19/h5,7,11,15-17,25H,2-4,6,8-10,12-13H2,1H3,(H,26,32)/t15?,16-,17-,25?/m0/s1. The molecule has 12 heteroatoms. The summed E-state index contributed by atoms with van der Waals surface area (Å²) >= 11 is 0. The number of nitrogens with zero attached hydrogens (tertiary/aromatic N) is 2. The Morgan fingerprint density at radius 3 is 2.76 bits per heavy atom. The van der Waals surface area contributed by atoms with Gasteiger partial charge < -0.3 is 24.3 Å². The van der Waals surface area contributed by atoms with E-state index in [1.807, 2.05) is 0 Å². The van der Waals surface area contributed by atoms with Crippen LogP contribution in [0.15, 0.2) is 18.2 Å². The van der Waals surface area contributed by atoms with Crippen molar-refractivity contribution in [3.05, 3.63) is 23.8 Å². The molecule has 1 aromatic carbocycles. The van der Waals surface area contributed by atoms with Gasteiger partial charge in [-0.3, -0.25) is 29.0 Å². The van der Waals surface area contributed by atoms with E-state index in [-0.39, 0.29) is 44.2 Å². The van der Waals surface area contributed by atoms with E-state index in [2.05, 4.69) is 5.32 Å². The van der Waals surface area contributed by atoms with E-state index in [0.717, 1.165) is 0 Å². The Kier molecular flexibility index (Phi) is 7.00. The molecule has 0 aliphatic carbocycles. The maximum Gasteiger partial charge on any atom is 0.310 e. The summed E-state index contributed by atoms with van der Waals surface area (Å²) < 4.78 is 21.2. The van der Waals surface area contributed by atoms with Crippen LogP contribution in [0, 0.1) is 5.92 Å². The van der Waals surface area contributed by atoms with Crippen LogP contribution in [0.3, 0.4) is 0 Å². The number of carbonyl (C=O) groups excluding carboxylic acids is 5. The van der Waals surface area contributed by atoms with Gasteiger partial charge in [0.15, 0.2) is 17.3 Å². The van der Waals surface area contributed by atoms with Crippen molar-refractivity contribution >= 4 is 29.5 Å². The summed E-state index contributed by atoms with van der Waals surface area (Å²) in [5, 5.41) is 5.33. The number of hydrazine groups is 1. The lowest BCUT2D eigenvalue weighted by Crippen LogP contribution is -2.63. The van der Waals surface area contributed by atoms with Gasteiger partial charge in [0.05, 0.1) is 6.42 Å². The molecule has 4 heterocycles. The average Bonchev–Trinajstić information content (AvgIpc) is 3.47. The summed E-state index contributed by atoms with van der Waals surface area (Å²) in [6.07, 6.45) is 0.0946. The average molecular weight is 516 g/mol. The first kappa shape index (κ1) is 25.0. The second-order valence-corrected chi connectivity index (χ2v) is 9.42. The van der Waals surface area contributed by atoms with E-state index in [9.17, 15) is 24.0 Å². The summed E-state index contributed by atoms with van der Waals surface area (Å²) in [4.78, 5) is 64.8. The molecule has 3 fully saturated rings. The van der Waals surface area contributed by atoms with E-state index in [4.69, 9.17) is 18.9 Å². The number of Topliss-reactive ketones (excluding diaryl/α,β-unsaturated/α-hetero) is 1. The molecule has 2 unspecified atom stereocenters. The van der Waals surface area contributed by atoms with Gasteiger partial charge >= 0.3 is 5.97 Å². The number of rotatable bonds is 7. The van der Waals surface area contributed by atoms with Crippen molar-refractivity contribution in [1.29, 1.82) is 0 Å². The fraction of sp³-hybridized carbons (Fsp3) is 0.560. The second kappa shape index (κ2) is 10.4.